The molecule has 0 spiro atoms. The van der Waals surface area contributed by atoms with Crippen molar-refractivity contribution >= 4 is 15.7 Å². The lowest BCUT2D eigenvalue weighted by Crippen LogP contribution is -2.60. The van der Waals surface area contributed by atoms with Gasteiger partial charge in [0.15, 0.2) is 9.84 Å². The third kappa shape index (κ3) is 6.09. The van der Waals surface area contributed by atoms with Gasteiger partial charge in [-0.15, -0.1) is 0 Å². The minimum absolute atomic E-state index is 0.0356. The molecule has 0 radical (unpaired) electrons. The van der Waals surface area contributed by atoms with Crippen molar-refractivity contribution in [2.24, 2.45) is 11.7 Å². The molecule has 2 aliphatic rings. The first kappa shape index (κ1) is 30.5. The highest BCUT2D eigenvalue weighted by molar-refractivity contribution is 7.92. The van der Waals surface area contributed by atoms with Gasteiger partial charge in [0.1, 0.15) is 4.87 Å². The second-order valence-corrected chi connectivity index (χ2v) is 13.5. The summed E-state index contributed by atoms with van der Waals surface area (Å²) in [5, 5.41) is 3.49. The molecule has 3 N–H and O–H groups in total. The Labute approximate surface area is 235 Å². The van der Waals surface area contributed by atoms with Crippen LogP contribution in [0.2, 0.25) is 0 Å². The highest BCUT2D eigenvalue weighted by atomic mass is 32.2. The Morgan fingerprint density at radius 1 is 1.18 bits per heavy atom. The monoisotopic (exact) mass is 579 g/mol. The Morgan fingerprint density at radius 3 is 2.62 bits per heavy atom. The SMILES string of the molecule is CCC(C)CNCc1ccc2c(c1)CCCC2N1CCCCC1(CC(N)=O)S(=O)(=O)c1ccccc1C(F)(F)F. The number of carbonyl (C=O) groups is 1. The maximum Gasteiger partial charge on any atom is 0.417 e. The zero-order chi connectivity index (χ0) is 29.1. The number of sulfone groups is 1. The molecule has 1 aliphatic carbocycles. The maximum absolute atomic E-state index is 14.4. The Bertz CT molecular complexity index is 1310. The van der Waals surface area contributed by atoms with Crippen LogP contribution >= 0.6 is 0 Å². The lowest BCUT2D eigenvalue weighted by atomic mass is 9.83. The summed E-state index contributed by atoms with van der Waals surface area (Å²) in [6.45, 7) is 6.34. The molecule has 3 atom stereocenters. The molecule has 4 rings (SSSR count). The number of carbonyl (C=O) groups excluding carboxylic acids is 1. The number of alkyl halides is 3. The fraction of sp³-hybridized carbons (Fsp3) is 0.567. The maximum atomic E-state index is 14.4. The fourth-order valence-corrected chi connectivity index (χ4v) is 8.75. The van der Waals surface area contributed by atoms with Gasteiger partial charge in [0.2, 0.25) is 5.91 Å². The predicted molar refractivity (Wildman–Crippen MR) is 149 cm³/mol. The normalized spacial score (nSPS) is 23.0. The van der Waals surface area contributed by atoms with E-state index in [2.05, 4.69) is 25.2 Å². The molecule has 0 saturated carbocycles. The first-order valence-corrected chi connectivity index (χ1v) is 15.7. The number of fused-ring (bicyclic) bond motifs is 1. The first-order chi connectivity index (χ1) is 18.9. The zero-order valence-corrected chi connectivity index (χ0v) is 24.1. The highest BCUT2D eigenvalue weighted by Crippen LogP contribution is 2.49. The summed E-state index contributed by atoms with van der Waals surface area (Å²) in [5.41, 5.74) is 7.64. The number of nitrogens with one attached hydrogen (secondary N) is 1. The summed E-state index contributed by atoms with van der Waals surface area (Å²) < 4.78 is 70.7. The smallest absolute Gasteiger partial charge is 0.370 e. The van der Waals surface area contributed by atoms with Crippen LogP contribution in [-0.2, 0) is 33.8 Å². The Balaban J connectivity index is 1.76. The van der Waals surface area contributed by atoms with E-state index in [9.17, 15) is 26.4 Å². The van der Waals surface area contributed by atoms with E-state index in [-0.39, 0.29) is 12.5 Å². The average Bonchev–Trinajstić information content (AvgIpc) is 2.92. The van der Waals surface area contributed by atoms with Crippen molar-refractivity contribution < 1.29 is 26.4 Å². The quantitative estimate of drug-likeness (QED) is 0.374. The number of primary amides is 1. The van der Waals surface area contributed by atoms with Crippen LogP contribution in [0, 0.1) is 5.92 Å². The van der Waals surface area contributed by atoms with Gasteiger partial charge in [0.05, 0.1) is 16.9 Å². The van der Waals surface area contributed by atoms with Crippen LogP contribution in [0.25, 0.3) is 0 Å². The van der Waals surface area contributed by atoms with Gasteiger partial charge >= 0.3 is 6.18 Å². The van der Waals surface area contributed by atoms with E-state index >= 15 is 0 Å². The predicted octanol–water partition coefficient (Wildman–Crippen LogP) is 5.75. The lowest BCUT2D eigenvalue weighted by Gasteiger charge is -2.51. The van der Waals surface area contributed by atoms with Gasteiger partial charge in [0.25, 0.3) is 0 Å². The van der Waals surface area contributed by atoms with Crippen LogP contribution in [0.3, 0.4) is 0 Å². The number of piperidine rings is 1. The molecular weight excluding hydrogens is 539 g/mol. The molecule has 40 heavy (non-hydrogen) atoms. The summed E-state index contributed by atoms with van der Waals surface area (Å²) in [7, 11) is -4.67. The van der Waals surface area contributed by atoms with Crippen LogP contribution in [0.1, 0.15) is 87.1 Å². The topological polar surface area (TPSA) is 92.5 Å². The van der Waals surface area contributed by atoms with E-state index in [1.165, 1.54) is 12.1 Å². The molecule has 2 aromatic rings. The van der Waals surface area contributed by atoms with Gasteiger partial charge in [-0.05, 0) is 79.8 Å². The Hall–Kier alpha value is -2.43. The van der Waals surface area contributed by atoms with Crippen molar-refractivity contribution in [3.05, 3.63) is 64.7 Å². The van der Waals surface area contributed by atoms with Gasteiger partial charge < -0.3 is 11.1 Å². The molecular formula is C30H40F3N3O3S. The zero-order valence-electron chi connectivity index (χ0n) is 23.3. The van der Waals surface area contributed by atoms with Crippen LogP contribution in [0.5, 0.6) is 0 Å². The number of rotatable bonds is 10. The van der Waals surface area contributed by atoms with Gasteiger partial charge in [-0.3, -0.25) is 9.69 Å². The number of hydrogen-bond acceptors (Lipinski definition) is 5. The van der Waals surface area contributed by atoms with E-state index in [1.54, 1.807) is 4.90 Å². The van der Waals surface area contributed by atoms with Crippen molar-refractivity contribution in [1.29, 1.82) is 0 Å². The van der Waals surface area contributed by atoms with Crippen molar-refractivity contribution in [3.63, 3.8) is 0 Å². The molecule has 1 heterocycles. The number of nitrogens with two attached hydrogens (primary N) is 1. The van der Waals surface area contributed by atoms with Crippen molar-refractivity contribution in [1.82, 2.24) is 10.2 Å². The van der Waals surface area contributed by atoms with Crippen molar-refractivity contribution in [3.8, 4) is 0 Å². The van der Waals surface area contributed by atoms with Crippen LogP contribution < -0.4 is 11.1 Å². The minimum atomic E-state index is -4.87. The molecule has 10 heteroatoms. The van der Waals surface area contributed by atoms with E-state index in [0.717, 1.165) is 61.2 Å². The number of halogens is 3. The molecule has 1 aliphatic heterocycles. The first-order valence-electron chi connectivity index (χ1n) is 14.2. The van der Waals surface area contributed by atoms with E-state index < -0.39 is 43.7 Å². The number of likely N-dealkylation sites (tertiary alicyclic amines) is 1. The van der Waals surface area contributed by atoms with Gasteiger partial charge in [-0.1, -0.05) is 50.6 Å². The summed E-state index contributed by atoms with van der Waals surface area (Å²) in [4.78, 5) is 11.6. The highest BCUT2D eigenvalue weighted by Gasteiger charge is 2.55. The standard InChI is InChI=1S/C30H40F3N3O3S/c1-3-21(2)19-35-20-22-13-14-24-23(17-22)9-8-11-26(24)36-16-7-6-15-29(36,18-28(34)37)40(38,39)27-12-5-4-10-25(27)30(31,32)33/h4-5,10,12-14,17,21,26,35H,3,6-9,11,15-16,18-20H2,1-2H3,(H2,34,37). The number of nitrogens with zero attached hydrogens (tertiary/aromatic N) is 1. The molecule has 0 aromatic heterocycles. The van der Waals surface area contributed by atoms with Crippen LogP contribution in [-0.4, -0.2) is 37.2 Å². The third-order valence-corrected chi connectivity index (χ3v) is 11.1. The van der Waals surface area contributed by atoms with Crippen molar-refractivity contribution in [2.75, 3.05) is 13.1 Å². The second-order valence-electron chi connectivity index (χ2n) is 11.3. The summed E-state index contributed by atoms with van der Waals surface area (Å²) >= 11 is 0. The number of amides is 1. The molecule has 220 valence electrons. The van der Waals surface area contributed by atoms with Gasteiger partial charge in [0, 0.05) is 19.1 Å². The van der Waals surface area contributed by atoms with Gasteiger partial charge in [-0.25, -0.2) is 8.42 Å². The summed E-state index contributed by atoms with van der Waals surface area (Å²) in [6, 6.07) is 10.1. The second kappa shape index (κ2) is 12.2. The van der Waals surface area contributed by atoms with E-state index in [4.69, 9.17) is 5.73 Å². The van der Waals surface area contributed by atoms with E-state index in [0.29, 0.717) is 31.7 Å². The Kier molecular flexibility index (Phi) is 9.31. The molecule has 1 fully saturated rings. The number of benzene rings is 2. The molecule has 1 saturated heterocycles. The summed E-state index contributed by atoms with van der Waals surface area (Å²) in [6.07, 6.45) is -0.854. The minimum Gasteiger partial charge on any atom is -0.370 e. The summed E-state index contributed by atoms with van der Waals surface area (Å²) in [5.74, 6) is -0.275. The third-order valence-electron chi connectivity index (χ3n) is 8.56. The van der Waals surface area contributed by atoms with Gasteiger partial charge in [-0.2, -0.15) is 13.2 Å². The largest absolute Gasteiger partial charge is 0.417 e. The number of aryl methyl sites for hydroxylation is 1. The van der Waals surface area contributed by atoms with Crippen LogP contribution in [0.4, 0.5) is 13.2 Å². The van der Waals surface area contributed by atoms with E-state index in [1.807, 2.05) is 12.1 Å². The molecule has 3 unspecified atom stereocenters. The molecule has 1 amide bonds. The Morgan fingerprint density at radius 2 is 1.93 bits per heavy atom. The fourth-order valence-electron chi connectivity index (χ4n) is 6.34. The van der Waals surface area contributed by atoms with Crippen molar-refractivity contribution in [2.45, 2.75) is 93.7 Å². The lowest BCUT2D eigenvalue weighted by molar-refractivity contribution is -0.139. The number of hydrogen-bond donors (Lipinski definition) is 2. The molecule has 6 nitrogen and oxygen atoms in total. The average molecular weight is 580 g/mol. The van der Waals surface area contributed by atoms with Crippen LogP contribution in [0.15, 0.2) is 47.4 Å². The molecule has 0 bridgehead atoms. The molecule has 2 aromatic carbocycles.